The summed E-state index contributed by atoms with van der Waals surface area (Å²) in [4.78, 5) is 4.73. The van der Waals surface area contributed by atoms with Crippen molar-refractivity contribution in [2.24, 2.45) is 0 Å². The molecule has 0 amide bonds. The SMILES string of the molecule is COc1cc(CNSc2ccc(-c3ccc(C(F)(F)F)cc3C(F)(F)F)cc2)ccn1. The van der Waals surface area contributed by atoms with Crippen LogP contribution in [0, 0.1) is 0 Å². The molecule has 1 aromatic heterocycles. The molecule has 0 saturated heterocycles. The van der Waals surface area contributed by atoms with Crippen LogP contribution in [0.15, 0.2) is 65.7 Å². The molecular formula is C21H16F6N2OS. The number of pyridine rings is 1. The molecule has 0 atom stereocenters. The minimum atomic E-state index is -4.92. The number of nitrogens with zero attached hydrogens (tertiary/aromatic N) is 1. The van der Waals surface area contributed by atoms with Crippen LogP contribution < -0.4 is 9.46 Å². The third-order valence-corrected chi connectivity index (χ3v) is 5.09. The van der Waals surface area contributed by atoms with Gasteiger partial charge in [0.05, 0.1) is 18.2 Å². The van der Waals surface area contributed by atoms with Crippen LogP contribution in [0.25, 0.3) is 11.1 Å². The first-order valence-corrected chi connectivity index (χ1v) is 9.67. The van der Waals surface area contributed by atoms with Gasteiger partial charge in [0, 0.05) is 23.7 Å². The zero-order valence-electron chi connectivity index (χ0n) is 16.0. The fourth-order valence-corrected chi connectivity index (χ4v) is 3.46. The summed E-state index contributed by atoms with van der Waals surface area (Å²) in [7, 11) is 1.51. The summed E-state index contributed by atoms with van der Waals surface area (Å²) < 4.78 is 86.8. The molecule has 0 aliphatic rings. The third-order valence-electron chi connectivity index (χ3n) is 4.29. The van der Waals surface area contributed by atoms with Gasteiger partial charge in [-0.25, -0.2) is 4.98 Å². The number of rotatable bonds is 6. The van der Waals surface area contributed by atoms with E-state index in [1.807, 2.05) is 6.07 Å². The molecule has 1 N–H and O–H groups in total. The fraction of sp³-hybridized carbons (Fsp3) is 0.190. The van der Waals surface area contributed by atoms with Gasteiger partial charge in [0.1, 0.15) is 0 Å². The molecular weight excluding hydrogens is 442 g/mol. The van der Waals surface area contributed by atoms with Crippen molar-refractivity contribution >= 4 is 11.9 Å². The van der Waals surface area contributed by atoms with Crippen molar-refractivity contribution in [3.8, 4) is 17.0 Å². The first kappa shape index (κ1) is 23.0. The summed E-state index contributed by atoms with van der Waals surface area (Å²) in [5.74, 6) is 0.477. The first-order chi connectivity index (χ1) is 14.6. The number of ether oxygens (including phenoxy) is 1. The maximum Gasteiger partial charge on any atom is 0.417 e. The van der Waals surface area contributed by atoms with E-state index in [0.717, 1.165) is 16.5 Å². The van der Waals surface area contributed by atoms with E-state index >= 15 is 0 Å². The Labute approximate surface area is 178 Å². The molecule has 0 radical (unpaired) electrons. The fourth-order valence-electron chi connectivity index (χ4n) is 2.78. The van der Waals surface area contributed by atoms with Gasteiger partial charge in [-0.2, -0.15) is 26.3 Å². The Kier molecular flexibility index (Phi) is 6.80. The molecule has 10 heteroatoms. The Balaban J connectivity index is 1.75. The highest BCUT2D eigenvalue weighted by atomic mass is 32.2. The number of benzene rings is 2. The zero-order chi connectivity index (χ0) is 22.6. The van der Waals surface area contributed by atoms with E-state index in [1.54, 1.807) is 24.4 Å². The van der Waals surface area contributed by atoms with Gasteiger partial charge in [-0.1, -0.05) is 18.2 Å². The summed E-state index contributed by atoms with van der Waals surface area (Å²) in [5.41, 5.74) is -1.88. The molecule has 0 aliphatic carbocycles. The van der Waals surface area contributed by atoms with Crippen molar-refractivity contribution in [1.82, 2.24) is 9.71 Å². The minimum Gasteiger partial charge on any atom is -0.481 e. The Morgan fingerprint density at radius 2 is 1.61 bits per heavy atom. The molecule has 164 valence electrons. The van der Waals surface area contributed by atoms with E-state index in [4.69, 9.17) is 4.74 Å². The normalized spacial score (nSPS) is 12.1. The molecule has 0 spiro atoms. The van der Waals surface area contributed by atoms with Gasteiger partial charge in [0.15, 0.2) is 0 Å². The van der Waals surface area contributed by atoms with E-state index in [1.165, 1.54) is 31.2 Å². The van der Waals surface area contributed by atoms with E-state index < -0.39 is 23.5 Å². The molecule has 0 aliphatic heterocycles. The van der Waals surface area contributed by atoms with Crippen LogP contribution >= 0.6 is 11.9 Å². The van der Waals surface area contributed by atoms with E-state index in [9.17, 15) is 26.3 Å². The molecule has 0 fully saturated rings. The highest BCUT2D eigenvalue weighted by molar-refractivity contribution is 7.97. The first-order valence-electron chi connectivity index (χ1n) is 8.85. The molecule has 1 heterocycles. The number of halogens is 6. The average molecular weight is 458 g/mol. The van der Waals surface area contributed by atoms with Gasteiger partial charge in [0.25, 0.3) is 0 Å². The molecule has 0 saturated carbocycles. The lowest BCUT2D eigenvalue weighted by atomic mass is 9.97. The summed E-state index contributed by atoms with van der Waals surface area (Å²) in [6.07, 6.45) is -8.17. The van der Waals surface area contributed by atoms with Crippen LogP contribution in [-0.2, 0) is 18.9 Å². The molecule has 0 bridgehead atoms. The number of hydrogen-bond donors (Lipinski definition) is 1. The highest BCUT2D eigenvalue weighted by Crippen LogP contribution is 2.41. The van der Waals surface area contributed by atoms with Crippen LogP contribution in [0.3, 0.4) is 0 Å². The number of hydrogen-bond acceptors (Lipinski definition) is 4. The van der Waals surface area contributed by atoms with Crippen molar-refractivity contribution < 1.29 is 31.1 Å². The number of methoxy groups -OCH3 is 1. The van der Waals surface area contributed by atoms with Gasteiger partial charge in [-0.3, -0.25) is 4.72 Å². The van der Waals surface area contributed by atoms with E-state index in [2.05, 4.69) is 9.71 Å². The zero-order valence-corrected chi connectivity index (χ0v) is 16.8. The van der Waals surface area contributed by atoms with Crippen molar-refractivity contribution in [1.29, 1.82) is 0 Å². The Hall–Kier alpha value is -2.72. The smallest absolute Gasteiger partial charge is 0.417 e. The van der Waals surface area contributed by atoms with Gasteiger partial charge in [-0.05, 0) is 59.0 Å². The summed E-state index contributed by atoms with van der Waals surface area (Å²) in [6.45, 7) is 0.489. The van der Waals surface area contributed by atoms with Crippen molar-refractivity contribution in [3.63, 3.8) is 0 Å². The Morgan fingerprint density at radius 1 is 0.903 bits per heavy atom. The average Bonchev–Trinajstić information content (AvgIpc) is 2.73. The predicted octanol–water partition coefficient (Wildman–Crippen LogP) is 6.59. The number of alkyl halides is 6. The maximum atomic E-state index is 13.4. The van der Waals surface area contributed by atoms with Gasteiger partial charge in [0.2, 0.25) is 5.88 Å². The Morgan fingerprint density at radius 3 is 2.23 bits per heavy atom. The number of nitrogens with one attached hydrogen (secondary N) is 1. The highest BCUT2D eigenvalue weighted by Gasteiger charge is 2.38. The molecule has 2 aromatic carbocycles. The van der Waals surface area contributed by atoms with E-state index in [0.29, 0.717) is 18.5 Å². The molecule has 31 heavy (non-hydrogen) atoms. The quantitative estimate of drug-likeness (QED) is 0.334. The minimum absolute atomic E-state index is 0.141. The maximum absolute atomic E-state index is 13.4. The molecule has 3 rings (SSSR count). The predicted molar refractivity (Wildman–Crippen MR) is 105 cm³/mol. The van der Waals surface area contributed by atoms with Crippen molar-refractivity contribution in [2.45, 2.75) is 23.8 Å². The Bertz CT molecular complexity index is 1040. The van der Waals surface area contributed by atoms with Crippen LogP contribution in [0.2, 0.25) is 0 Å². The van der Waals surface area contributed by atoms with Gasteiger partial charge < -0.3 is 4.74 Å². The third kappa shape index (κ3) is 5.92. The second-order valence-corrected chi connectivity index (χ2v) is 7.37. The summed E-state index contributed by atoms with van der Waals surface area (Å²) in [6, 6.07) is 11.3. The van der Waals surface area contributed by atoms with Gasteiger partial charge >= 0.3 is 12.4 Å². The molecule has 3 aromatic rings. The lowest BCUT2D eigenvalue weighted by Gasteiger charge is -2.16. The second kappa shape index (κ2) is 9.19. The summed E-state index contributed by atoms with van der Waals surface area (Å²) in [5, 5.41) is 0. The largest absolute Gasteiger partial charge is 0.481 e. The van der Waals surface area contributed by atoms with Crippen LogP contribution in [0.1, 0.15) is 16.7 Å². The monoisotopic (exact) mass is 458 g/mol. The van der Waals surface area contributed by atoms with E-state index in [-0.39, 0.29) is 17.2 Å². The van der Waals surface area contributed by atoms with Gasteiger partial charge in [-0.15, -0.1) is 0 Å². The lowest BCUT2D eigenvalue weighted by Crippen LogP contribution is -2.12. The standard InChI is InChI=1S/C21H16F6N2OS/c1-30-19-10-13(8-9-28-19)12-29-31-16-5-2-14(3-6-16)17-7-4-15(20(22,23)24)11-18(17)21(25,26)27/h2-11,29H,12H2,1H3. The van der Waals surface area contributed by atoms with Crippen molar-refractivity contribution in [2.75, 3.05) is 7.11 Å². The molecule has 0 unspecified atom stereocenters. The molecule has 3 nitrogen and oxygen atoms in total. The van der Waals surface area contributed by atoms with Crippen LogP contribution in [0.4, 0.5) is 26.3 Å². The van der Waals surface area contributed by atoms with Crippen LogP contribution in [-0.4, -0.2) is 12.1 Å². The van der Waals surface area contributed by atoms with Crippen LogP contribution in [0.5, 0.6) is 5.88 Å². The topological polar surface area (TPSA) is 34.1 Å². The second-order valence-electron chi connectivity index (χ2n) is 6.41. The number of aromatic nitrogens is 1. The summed E-state index contributed by atoms with van der Waals surface area (Å²) >= 11 is 1.27. The lowest BCUT2D eigenvalue weighted by molar-refractivity contribution is -0.142. The van der Waals surface area contributed by atoms with Crippen molar-refractivity contribution in [3.05, 3.63) is 77.5 Å².